The summed E-state index contributed by atoms with van der Waals surface area (Å²) in [6.45, 7) is 7.25. The highest BCUT2D eigenvalue weighted by atomic mass is 16.6. The first-order valence-electron chi connectivity index (χ1n) is 5.82. The van der Waals surface area contributed by atoms with Gasteiger partial charge in [-0.15, -0.1) is 0 Å². The molecule has 5 nitrogen and oxygen atoms in total. The molecule has 0 bridgehead atoms. The smallest absolute Gasteiger partial charge is 0.407 e. The maximum absolute atomic E-state index is 11.5. The summed E-state index contributed by atoms with van der Waals surface area (Å²) in [7, 11) is 1.37. The van der Waals surface area contributed by atoms with Crippen LogP contribution in [0.3, 0.4) is 0 Å². The van der Waals surface area contributed by atoms with Gasteiger partial charge in [0.1, 0.15) is 5.60 Å². The van der Waals surface area contributed by atoms with Crippen LogP contribution < -0.4 is 5.32 Å². The number of carbonyl (C=O) groups excluding carboxylic acids is 2. The fraction of sp³-hybridized carbons (Fsp3) is 0.833. The Morgan fingerprint density at radius 1 is 1.35 bits per heavy atom. The summed E-state index contributed by atoms with van der Waals surface area (Å²) in [5.41, 5.74) is -0.498. The summed E-state index contributed by atoms with van der Waals surface area (Å²) in [6, 6.07) is 0.0268. The van der Waals surface area contributed by atoms with Crippen LogP contribution >= 0.6 is 0 Å². The normalized spacial score (nSPS) is 24.8. The Labute approximate surface area is 102 Å². The molecule has 1 rings (SSSR count). The zero-order valence-corrected chi connectivity index (χ0v) is 11.1. The summed E-state index contributed by atoms with van der Waals surface area (Å²) in [6.07, 6.45) is 0.372. The molecule has 2 unspecified atom stereocenters. The lowest BCUT2D eigenvalue weighted by Gasteiger charge is -2.20. The van der Waals surface area contributed by atoms with Gasteiger partial charge in [0.15, 0.2) is 0 Å². The Bertz CT molecular complexity index is 308. The van der Waals surface area contributed by atoms with Gasteiger partial charge >= 0.3 is 12.1 Å². The first kappa shape index (κ1) is 13.8. The molecule has 1 amide bonds. The highest BCUT2D eigenvalue weighted by Gasteiger charge is 2.45. The summed E-state index contributed by atoms with van der Waals surface area (Å²) >= 11 is 0. The first-order chi connectivity index (χ1) is 7.74. The Hall–Kier alpha value is -1.26. The third-order valence-electron chi connectivity index (χ3n) is 2.76. The molecule has 0 spiro atoms. The number of methoxy groups -OCH3 is 1. The molecule has 5 heteroatoms. The largest absolute Gasteiger partial charge is 0.469 e. The van der Waals surface area contributed by atoms with Crippen LogP contribution in [-0.4, -0.2) is 30.8 Å². The molecular weight excluding hydrogens is 222 g/mol. The summed E-state index contributed by atoms with van der Waals surface area (Å²) in [5, 5.41) is 2.75. The molecule has 0 aromatic carbocycles. The topological polar surface area (TPSA) is 64.6 Å². The molecule has 1 saturated carbocycles. The third kappa shape index (κ3) is 4.24. The maximum atomic E-state index is 11.5. The summed E-state index contributed by atoms with van der Waals surface area (Å²) in [4.78, 5) is 22.8. The van der Waals surface area contributed by atoms with Crippen molar-refractivity contribution in [2.24, 2.45) is 11.8 Å². The van der Waals surface area contributed by atoms with Crippen molar-refractivity contribution in [2.45, 2.75) is 45.8 Å². The van der Waals surface area contributed by atoms with E-state index in [1.54, 1.807) is 0 Å². The predicted molar refractivity (Wildman–Crippen MR) is 62.4 cm³/mol. The van der Waals surface area contributed by atoms with E-state index in [0.29, 0.717) is 0 Å². The molecule has 1 aliphatic carbocycles. The highest BCUT2D eigenvalue weighted by Crippen LogP contribution is 2.38. The number of nitrogens with one attached hydrogen (secondary N) is 1. The van der Waals surface area contributed by atoms with Crippen molar-refractivity contribution in [3.63, 3.8) is 0 Å². The molecule has 0 aromatic heterocycles. The van der Waals surface area contributed by atoms with Crippen LogP contribution in [0.5, 0.6) is 0 Å². The Balaban J connectivity index is 2.33. The van der Waals surface area contributed by atoms with Gasteiger partial charge < -0.3 is 14.8 Å². The molecule has 3 atom stereocenters. The van der Waals surface area contributed by atoms with Gasteiger partial charge in [0, 0.05) is 6.04 Å². The molecule has 1 N–H and O–H groups in total. The standard InChI is InChI=1S/C12H21NO4/c1-7(10(14)16-5)8-6-9(8)13-11(15)17-12(2,3)4/h7-9H,6H2,1-5H3,(H,13,15)/t7-,8?,9?/m0/s1. The van der Waals surface area contributed by atoms with Gasteiger partial charge in [-0.2, -0.15) is 0 Å². The van der Waals surface area contributed by atoms with E-state index in [-0.39, 0.29) is 23.8 Å². The molecule has 98 valence electrons. The second-order valence-corrected chi connectivity index (χ2v) is 5.46. The van der Waals surface area contributed by atoms with E-state index in [1.165, 1.54) is 7.11 Å². The molecule has 1 fully saturated rings. The number of esters is 1. The minimum atomic E-state index is -0.498. The van der Waals surface area contributed by atoms with Crippen LogP contribution in [0.1, 0.15) is 34.1 Å². The molecule has 17 heavy (non-hydrogen) atoms. The van der Waals surface area contributed by atoms with Gasteiger partial charge in [-0.25, -0.2) is 4.79 Å². The van der Waals surface area contributed by atoms with Gasteiger partial charge in [-0.1, -0.05) is 6.92 Å². The lowest BCUT2D eigenvalue weighted by molar-refractivity contribution is -0.145. The first-order valence-corrected chi connectivity index (χ1v) is 5.82. The van der Waals surface area contributed by atoms with Crippen molar-refractivity contribution in [2.75, 3.05) is 7.11 Å². The molecule has 0 aromatic rings. The van der Waals surface area contributed by atoms with Crippen molar-refractivity contribution in [1.29, 1.82) is 0 Å². The number of carbonyl (C=O) groups is 2. The van der Waals surface area contributed by atoms with Gasteiger partial charge in [0.05, 0.1) is 13.0 Å². The van der Waals surface area contributed by atoms with Crippen molar-refractivity contribution in [3.8, 4) is 0 Å². The minimum absolute atomic E-state index is 0.0268. The molecule has 1 aliphatic rings. The lowest BCUT2D eigenvalue weighted by Crippen LogP contribution is -2.35. The van der Waals surface area contributed by atoms with Crippen LogP contribution in [-0.2, 0) is 14.3 Å². The Morgan fingerprint density at radius 3 is 2.41 bits per heavy atom. The zero-order chi connectivity index (χ0) is 13.2. The van der Waals surface area contributed by atoms with E-state index in [9.17, 15) is 9.59 Å². The summed E-state index contributed by atoms with van der Waals surface area (Å²) in [5.74, 6) is -0.251. The average Bonchev–Trinajstić information content (AvgIpc) is 2.91. The number of alkyl carbamates (subject to hydrolysis) is 1. The molecular formula is C12H21NO4. The van der Waals surface area contributed by atoms with E-state index in [4.69, 9.17) is 4.74 Å². The van der Waals surface area contributed by atoms with Gasteiger partial charge in [0.2, 0.25) is 0 Å². The molecule has 0 radical (unpaired) electrons. The average molecular weight is 243 g/mol. The molecule has 0 heterocycles. The lowest BCUT2D eigenvalue weighted by atomic mass is 10.1. The van der Waals surface area contributed by atoms with Gasteiger partial charge in [-0.05, 0) is 33.1 Å². The van der Waals surface area contributed by atoms with Crippen molar-refractivity contribution >= 4 is 12.1 Å². The van der Waals surface area contributed by atoms with Crippen LogP contribution in [0.25, 0.3) is 0 Å². The molecule has 0 aliphatic heterocycles. The predicted octanol–water partition coefficient (Wildman–Crippen LogP) is 1.71. The van der Waals surface area contributed by atoms with Gasteiger partial charge in [0.25, 0.3) is 0 Å². The number of ether oxygens (including phenoxy) is 2. The van der Waals surface area contributed by atoms with Crippen LogP contribution in [0.15, 0.2) is 0 Å². The van der Waals surface area contributed by atoms with Crippen molar-refractivity contribution in [1.82, 2.24) is 5.32 Å². The van der Waals surface area contributed by atoms with E-state index in [0.717, 1.165) is 6.42 Å². The number of rotatable bonds is 3. The SMILES string of the molecule is COC(=O)[C@@H](C)C1CC1NC(=O)OC(C)(C)C. The fourth-order valence-electron chi connectivity index (χ4n) is 1.75. The second kappa shape index (κ2) is 4.94. The quantitative estimate of drug-likeness (QED) is 0.766. The monoisotopic (exact) mass is 243 g/mol. The second-order valence-electron chi connectivity index (χ2n) is 5.46. The Morgan fingerprint density at radius 2 is 1.94 bits per heavy atom. The minimum Gasteiger partial charge on any atom is -0.469 e. The number of hydrogen-bond donors (Lipinski definition) is 1. The van der Waals surface area contributed by atoms with E-state index in [1.807, 2.05) is 27.7 Å². The van der Waals surface area contributed by atoms with Crippen LogP contribution in [0.4, 0.5) is 4.79 Å². The van der Waals surface area contributed by atoms with Crippen molar-refractivity contribution in [3.05, 3.63) is 0 Å². The highest BCUT2D eigenvalue weighted by molar-refractivity contribution is 5.73. The third-order valence-corrected chi connectivity index (χ3v) is 2.76. The Kier molecular flexibility index (Phi) is 4.01. The zero-order valence-electron chi connectivity index (χ0n) is 11.1. The van der Waals surface area contributed by atoms with Crippen LogP contribution in [0.2, 0.25) is 0 Å². The number of hydrogen-bond acceptors (Lipinski definition) is 4. The van der Waals surface area contributed by atoms with Crippen molar-refractivity contribution < 1.29 is 19.1 Å². The molecule has 0 saturated heterocycles. The maximum Gasteiger partial charge on any atom is 0.407 e. The number of amides is 1. The van der Waals surface area contributed by atoms with Crippen LogP contribution in [0, 0.1) is 11.8 Å². The summed E-state index contributed by atoms with van der Waals surface area (Å²) < 4.78 is 9.80. The van der Waals surface area contributed by atoms with E-state index in [2.05, 4.69) is 10.1 Å². The van der Waals surface area contributed by atoms with E-state index >= 15 is 0 Å². The van der Waals surface area contributed by atoms with E-state index < -0.39 is 11.7 Å². The fourth-order valence-corrected chi connectivity index (χ4v) is 1.75. The van der Waals surface area contributed by atoms with Gasteiger partial charge in [-0.3, -0.25) is 4.79 Å².